The zero-order valence-electron chi connectivity index (χ0n) is 14.5. The monoisotopic (exact) mass is 342 g/mol. The van der Waals surface area contributed by atoms with Gasteiger partial charge < -0.3 is 10.2 Å². The fraction of sp³-hybridized carbons (Fsp3) is 0.474. The lowest BCUT2D eigenvalue weighted by molar-refractivity contribution is 0.460. The Balaban J connectivity index is 1.46. The second-order valence-corrected chi connectivity index (χ2v) is 7.43. The van der Waals surface area contributed by atoms with E-state index in [1.165, 1.54) is 17.7 Å². The van der Waals surface area contributed by atoms with Crippen molar-refractivity contribution in [2.75, 3.05) is 26.7 Å². The van der Waals surface area contributed by atoms with Crippen LogP contribution in [0.5, 0.6) is 0 Å². The normalized spacial score (nSPS) is 18.2. The lowest BCUT2D eigenvalue weighted by Gasteiger charge is -2.21. The summed E-state index contributed by atoms with van der Waals surface area (Å²) in [6.07, 6.45) is 3.35. The Morgan fingerprint density at radius 3 is 2.92 bits per heavy atom. The summed E-state index contributed by atoms with van der Waals surface area (Å²) < 4.78 is 0. The maximum absolute atomic E-state index is 4.51. The van der Waals surface area contributed by atoms with Gasteiger partial charge in [0.05, 0.1) is 10.7 Å². The average Bonchev–Trinajstić information content (AvgIpc) is 3.22. The van der Waals surface area contributed by atoms with E-state index in [0.29, 0.717) is 5.92 Å². The molecule has 1 aliphatic heterocycles. The lowest BCUT2D eigenvalue weighted by atomic mass is 9.99. The van der Waals surface area contributed by atoms with Crippen LogP contribution in [0.1, 0.15) is 22.7 Å². The number of aliphatic imine (C=N–C) groups is 1. The minimum Gasteiger partial charge on any atom is -0.356 e. The number of rotatable bonds is 5. The summed E-state index contributed by atoms with van der Waals surface area (Å²) in [4.78, 5) is 11.4. The molecule has 1 aromatic heterocycles. The number of thiazole rings is 1. The Bertz CT molecular complexity index is 665. The van der Waals surface area contributed by atoms with Gasteiger partial charge in [0, 0.05) is 38.5 Å². The highest BCUT2D eigenvalue weighted by molar-refractivity contribution is 7.09. The Morgan fingerprint density at radius 2 is 2.21 bits per heavy atom. The predicted molar refractivity (Wildman–Crippen MR) is 102 cm³/mol. The van der Waals surface area contributed by atoms with Gasteiger partial charge >= 0.3 is 0 Å². The van der Waals surface area contributed by atoms with Gasteiger partial charge in [0.1, 0.15) is 0 Å². The van der Waals surface area contributed by atoms with E-state index in [0.717, 1.165) is 43.4 Å². The smallest absolute Gasteiger partial charge is 0.193 e. The van der Waals surface area contributed by atoms with E-state index >= 15 is 0 Å². The molecule has 1 unspecified atom stereocenters. The molecule has 1 fully saturated rings. The zero-order valence-corrected chi connectivity index (χ0v) is 15.4. The van der Waals surface area contributed by atoms with Crippen molar-refractivity contribution in [3.8, 4) is 0 Å². The number of nitrogens with zero attached hydrogens (tertiary/aromatic N) is 3. The van der Waals surface area contributed by atoms with Crippen LogP contribution in [0.15, 0.2) is 40.7 Å². The second kappa shape index (κ2) is 8.29. The first-order valence-corrected chi connectivity index (χ1v) is 9.53. The van der Waals surface area contributed by atoms with Crippen LogP contribution < -0.4 is 5.32 Å². The SMILES string of the molecule is CN=C(NCCc1csc(C)n1)N1CCC(Cc2ccccc2)C1. The maximum atomic E-state index is 4.51. The molecule has 0 bridgehead atoms. The van der Waals surface area contributed by atoms with E-state index in [1.807, 2.05) is 7.05 Å². The van der Waals surface area contributed by atoms with Crippen molar-refractivity contribution in [2.45, 2.75) is 26.2 Å². The highest BCUT2D eigenvalue weighted by Crippen LogP contribution is 2.20. The van der Waals surface area contributed by atoms with E-state index in [4.69, 9.17) is 0 Å². The van der Waals surface area contributed by atoms with Crippen LogP contribution >= 0.6 is 11.3 Å². The van der Waals surface area contributed by atoms with Crippen LogP contribution in [-0.2, 0) is 12.8 Å². The summed E-state index contributed by atoms with van der Waals surface area (Å²) in [5, 5.41) is 6.78. The van der Waals surface area contributed by atoms with Gasteiger partial charge in [0.15, 0.2) is 5.96 Å². The van der Waals surface area contributed by atoms with Crippen LogP contribution in [0, 0.1) is 12.8 Å². The van der Waals surface area contributed by atoms with Gasteiger partial charge in [-0.1, -0.05) is 30.3 Å². The number of benzene rings is 1. The van der Waals surface area contributed by atoms with Crippen LogP contribution in [0.3, 0.4) is 0 Å². The van der Waals surface area contributed by atoms with E-state index in [9.17, 15) is 0 Å². The van der Waals surface area contributed by atoms with Gasteiger partial charge in [-0.05, 0) is 31.2 Å². The lowest BCUT2D eigenvalue weighted by Crippen LogP contribution is -2.41. The molecule has 0 radical (unpaired) electrons. The number of aryl methyl sites for hydroxylation is 1. The molecule has 2 heterocycles. The summed E-state index contributed by atoms with van der Waals surface area (Å²) >= 11 is 1.72. The van der Waals surface area contributed by atoms with Crippen LogP contribution in [0.4, 0.5) is 0 Å². The molecule has 0 spiro atoms. The standard InChI is InChI=1S/C19H26N4S/c1-15-22-18(14-24-15)8-10-21-19(20-2)23-11-9-17(13-23)12-16-6-4-3-5-7-16/h3-7,14,17H,8-13H2,1-2H3,(H,20,21). The van der Waals surface area contributed by atoms with Crippen LogP contribution in [0.2, 0.25) is 0 Å². The maximum Gasteiger partial charge on any atom is 0.193 e. The third-order valence-electron chi connectivity index (χ3n) is 4.50. The molecule has 1 aliphatic rings. The average molecular weight is 343 g/mol. The van der Waals surface area contributed by atoms with E-state index in [-0.39, 0.29) is 0 Å². The number of guanidine groups is 1. The molecule has 2 aromatic rings. The summed E-state index contributed by atoms with van der Waals surface area (Å²) in [5.74, 6) is 1.74. The van der Waals surface area contributed by atoms with Crippen molar-refractivity contribution >= 4 is 17.3 Å². The molecule has 0 saturated carbocycles. The zero-order chi connectivity index (χ0) is 16.8. The van der Waals surface area contributed by atoms with Crippen molar-refractivity contribution in [2.24, 2.45) is 10.9 Å². The van der Waals surface area contributed by atoms with Gasteiger partial charge in [-0.2, -0.15) is 0 Å². The molecule has 1 saturated heterocycles. The first kappa shape index (κ1) is 17.0. The van der Waals surface area contributed by atoms with Crippen molar-refractivity contribution in [1.82, 2.24) is 15.2 Å². The van der Waals surface area contributed by atoms with Gasteiger partial charge in [0.25, 0.3) is 0 Å². The minimum atomic E-state index is 0.715. The molecular formula is C19H26N4S. The molecule has 1 atom stereocenters. The Kier molecular flexibility index (Phi) is 5.86. The largest absolute Gasteiger partial charge is 0.356 e. The molecule has 128 valence electrons. The van der Waals surface area contributed by atoms with Crippen LogP contribution in [0.25, 0.3) is 0 Å². The third kappa shape index (κ3) is 4.57. The summed E-state index contributed by atoms with van der Waals surface area (Å²) in [6, 6.07) is 10.8. The second-order valence-electron chi connectivity index (χ2n) is 6.37. The molecule has 1 aromatic carbocycles. The van der Waals surface area contributed by atoms with Crippen molar-refractivity contribution in [3.63, 3.8) is 0 Å². The van der Waals surface area contributed by atoms with E-state index in [2.05, 4.69) is 62.8 Å². The molecule has 24 heavy (non-hydrogen) atoms. The first-order chi connectivity index (χ1) is 11.7. The number of hydrogen-bond donors (Lipinski definition) is 1. The Hall–Kier alpha value is -1.88. The number of likely N-dealkylation sites (tertiary alicyclic amines) is 1. The summed E-state index contributed by atoms with van der Waals surface area (Å²) in [7, 11) is 1.87. The topological polar surface area (TPSA) is 40.5 Å². The summed E-state index contributed by atoms with van der Waals surface area (Å²) in [6.45, 7) is 5.12. The number of aromatic nitrogens is 1. The van der Waals surface area contributed by atoms with Gasteiger partial charge in [-0.25, -0.2) is 4.98 Å². The molecule has 1 N–H and O–H groups in total. The fourth-order valence-corrected chi connectivity index (χ4v) is 3.94. The highest BCUT2D eigenvalue weighted by atomic mass is 32.1. The number of hydrogen-bond acceptors (Lipinski definition) is 3. The summed E-state index contributed by atoms with van der Waals surface area (Å²) in [5.41, 5.74) is 2.61. The highest BCUT2D eigenvalue weighted by Gasteiger charge is 2.24. The van der Waals surface area contributed by atoms with Gasteiger partial charge in [-0.3, -0.25) is 4.99 Å². The van der Waals surface area contributed by atoms with Crippen molar-refractivity contribution in [1.29, 1.82) is 0 Å². The van der Waals surface area contributed by atoms with Crippen molar-refractivity contribution in [3.05, 3.63) is 52.0 Å². The fourth-order valence-electron chi connectivity index (χ4n) is 3.30. The molecule has 0 aliphatic carbocycles. The van der Waals surface area contributed by atoms with Crippen molar-refractivity contribution < 1.29 is 0 Å². The molecular weight excluding hydrogens is 316 g/mol. The molecule has 3 rings (SSSR count). The molecule has 0 amide bonds. The Labute approximate surface area is 148 Å². The first-order valence-electron chi connectivity index (χ1n) is 8.65. The number of nitrogens with one attached hydrogen (secondary N) is 1. The van der Waals surface area contributed by atoms with Gasteiger partial charge in [0.2, 0.25) is 0 Å². The van der Waals surface area contributed by atoms with E-state index < -0.39 is 0 Å². The van der Waals surface area contributed by atoms with E-state index in [1.54, 1.807) is 11.3 Å². The molecule has 4 nitrogen and oxygen atoms in total. The third-order valence-corrected chi connectivity index (χ3v) is 5.32. The minimum absolute atomic E-state index is 0.715. The quantitative estimate of drug-likeness (QED) is 0.670. The predicted octanol–water partition coefficient (Wildman–Crippen LogP) is 3.13. The van der Waals surface area contributed by atoms with Crippen LogP contribution in [-0.4, -0.2) is 42.5 Å². The van der Waals surface area contributed by atoms with Gasteiger partial charge in [-0.15, -0.1) is 11.3 Å². The molecule has 5 heteroatoms. The Morgan fingerprint density at radius 1 is 1.38 bits per heavy atom.